The van der Waals surface area contributed by atoms with E-state index in [0.29, 0.717) is 11.2 Å². The van der Waals surface area contributed by atoms with E-state index in [1.54, 1.807) is 18.4 Å². The number of carboxylic acids is 1. The van der Waals surface area contributed by atoms with Gasteiger partial charge in [0.1, 0.15) is 10.7 Å². The fourth-order valence-electron chi connectivity index (χ4n) is 2.40. The van der Waals surface area contributed by atoms with E-state index in [-0.39, 0.29) is 18.0 Å². The number of aliphatic carboxylic acids is 1. The minimum Gasteiger partial charge on any atom is -0.481 e. The van der Waals surface area contributed by atoms with Crippen molar-refractivity contribution < 1.29 is 9.90 Å². The fraction of sp³-hybridized carbons (Fsp3) is 0.562. The number of carbonyl (C=O) groups is 1. The van der Waals surface area contributed by atoms with Crippen molar-refractivity contribution >= 4 is 27.5 Å². The molecule has 2 rings (SSSR count). The van der Waals surface area contributed by atoms with Crippen molar-refractivity contribution in [3.63, 3.8) is 0 Å². The van der Waals surface area contributed by atoms with Gasteiger partial charge in [-0.3, -0.25) is 14.2 Å². The average molecular weight is 322 g/mol. The molecule has 0 saturated carbocycles. The zero-order chi connectivity index (χ0) is 16.8. The van der Waals surface area contributed by atoms with Crippen molar-refractivity contribution in [1.82, 2.24) is 9.55 Å². The summed E-state index contributed by atoms with van der Waals surface area (Å²) >= 11 is 1.52. The standard InChI is InChI=1S/C16H22N2O3S/c1-8(2)12-17-13-11(9(3)10(4)22-13)14(19)18(12)7-16(5,6)15(20)21/h8H,7H2,1-6H3,(H,20,21). The average Bonchev–Trinajstić information content (AvgIpc) is 2.68. The van der Waals surface area contributed by atoms with Crippen molar-refractivity contribution in [3.05, 3.63) is 26.6 Å². The molecule has 5 nitrogen and oxygen atoms in total. The third-order valence-electron chi connectivity index (χ3n) is 3.97. The highest BCUT2D eigenvalue weighted by atomic mass is 32.1. The van der Waals surface area contributed by atoms with E-state index in [0.717, 1.165) is 15.3 Å². The number of hydrogen-bond donors (Lipinski definition) is 1. The lowest BCUT2D eigenvalue weighted by atomic mass is 9.93. The smallest absolute Gasteiger partial charge is 0.310 e. The molecular formula is C16H22N2O3S. The van der Waals surface area contributed by atoms with Crippen LogP contribution in [-0.2, 0) is 11.3 Å². The molecular weight excluding hydrogens is 300 g/mol. The molecule has 120 valence electrons. The summed E-state index contributed by atoms with van der Waals surface area (Å²) in [6, 6.07) is 0. The third kappa shape index (κ3) is 2.67. The molecule has 2 aromatic rings. The molecule has 1 N–H and O–H groups in total. The largest absolute Gasteiger partial charge is 0.481 e. The summed E-state index contributed by atoms with van der Waals surface area (Å²) in [5.74, 6) is -0.232. The molecule has 22 heavy (non-hydrogen) atoms. The van der Waals surface area contributed by atoms with Crippen LogP contribution in [0.2, 0.25) is 0 Å². The Morgan fingerprint density at radius 2 is 1.95 bits per heavy atom. The highest BCUT2D eigenvalue weighted by molar-refractivity contribution is 7.18. The molecule has 0 amide bonds. The number of hydrogen-bond acceptors (Lipinski definition) is 4. The molecule has 0 bridgehead atoms. The normalized spacial score (nSPS) is 12.3. The molecule has 2 aromatic heterocycles. The summed E-state index contributed by atoms with van der Waals surface area (Å²) in [6.07, 6.45) is 0. The summed E-state index contributed by atoms with van der Waals surface area (Å²) in [6.45, 7) is 11.2. The number of aryl methyl sites for hydroxylation is 2. The first-order valence-electron chi connectivity index (χ1n) is 7.30. The maximum Gasteiger partial charge on any atom is 0.310 e. The van der Waals surface area contributed by atoms with Crippen LogP contribution in [0.4, 0.5) is 0 Å². The Morgan fingerprint density at radius 1 is 1.36 bits per heavy atom. The van der Waals surface area contributed by atoms with E-state index in [4.69, 9.17) is 0 Å². The molecule has 2 heterocycles. The summed E-state index contributed by atoms with van der Waals surface area (Å²) in [5.41, 5.74) is -0.221. The summed E-state index contributed by atoms with van der Waals surface area (Å²) in [5, 5.41) is 9.98. The van der Waals surface area contributed by atoms with Crippen LogP contribution >= 0.6 is 11.3 Å². The molecule has 6 heteroatoms. The number of carboxylic acid groups (broad SMARTS) is 1. The molecule has 0 aliphatic heterocycles. The van der Waals surface area contributed by atoms with Gasteiger partial charge in [0.05, 0.1) is 10.8 Å². The Labute approximate surface area is 133 Å². The second kappa shape index (κ2) is 5.50. The lowest BCUT2D eigenvalue weighted by Gasteiger charge is -2.23. The first-order chi connectivity index (χ1) is 10.1. The highest BCUT2D eigenvalue weighted by Crippen LogP contribution is 2.28. The summed E-state index contributed by atoms with van der Waals surface area (Å²) in [4.78, 5) is 30.8. The van der Waals surface area contributed by atoms with Crippen molar-refractivity contribution in [1.29, 1.82) is 0 Å². The molecule has 0 saturated heterocycles. The SMILES string of the molecule is Cc1sc2nc(C(C)C)n(CC(C)(C)C(=O)O)c(=O)c2c1C. The first-order valence-corrected chi connectivity index (χ1v) is 8.11. The van der Waals surface area contributed by atoms with E-state index in [9.17, 15) is 14.7 Å². The Bertz CT molecular complexity index is 800. The topological polar surface area (TPSA) is 72.2 Å². The second-order valence-corrected chi connectivity index (χ2v) is 7.87. The maximum atomic E-state index is 12.9. The predicted octanol–water partition coefficient (Wildman–Crippen LogP) is 3.31. The van der Waals surface area contributed by atoms with E-state index in [1.165, 1.54) is 11.3 Å². The summed E-state index contributed by atoms with van der Waals surface area (Å²) in [7, 11) is 0. The van der Waals surface area contributed by atoms with E-state index < -0.39 is 11.4 Å². The molecule has 0 aliphatic rings. The van der Waals surface area contributed by atoms with Crippen LogP contribution in [0.5, 0.6) is 0 Å². The van der Waals surface area contributed by atoms with Gasteiger partial charge in [0.25, 0.3) is 5.56 Å². The van der Waals surface area contributed by atoms with Gasteiger partial charge in [0, 0.05) is 17.3 Å². The molecule has 0 atom stereocenters. The van der Waals surface area contributed by atoms with Crippen LogP contribution in [0.25, 0.3) is 10.2 Å². The first kappa shape index (κ1) is 16.7. The number of rotatable bonds is 4. The van der Waals surface area contributed by atoms with Gasteiger partial charge in [-0.2, -0.15) is 0 Å². The van der Waals surface area contributed by atoms with Gasteiger partial charge in [-0.05, 0) is 33.3 Å². The molecule has 0 radical (unpaired) electrons. The number of aromatic nitrogens is 2. The number of fused-ring (bicyclic) bond motifs is 1. The van der Waals surface area contributed by atoms with Gasteiger partial charge in [-0.25, -0.2) is 4.98 Å². The highest BCUT2D eigenvalue weighted by Gasteiger charge is 2.30. The predicted molar refractivity (Wildman–Crippen MR) is 88.9 cm³/mol. The lowest BCUT2D eigenvalue weighted by molar-refractivity contribution is -0.147. The minimum atomic E-state index is -1.03. The van der Waals surface area contributed by atoms with Crippen molar-refractivity contribution in [2.45, 2.75) is 54.0 Å². The van der Waals surface area contributed by atoms with Crippen LogP contribution in [0, 0.1) is 19.3 Å². The zero-order valence-corrected chi connectivity index (χ0v) is 14.7. The van der Waals surface area contributed by atoms with Gasteiger partial charge in [0.2, 0.25) is 0 Å². The second-order valence-electron chi connectivity index (χ2n) is 6.67. The summed E-state index contributed by atoms with van der Waals surface area (Å²) < 4.78 is 1.54. The van der Waals surface area contributed by atoms with Gasteiger partial charge >= 0.3 is 5.97 Å². The Kier molecular flexibility index (Phi) is 4.17. The van der Waals surface area contributed by atoms with Crippen LogP contribution < -0.4 is 5.56 Å². The van der Waals surface area contributed by atoms with Crippen molar-refractivity contribution in [2.24, 2.45) is 5.41 Å². The third-order valence-corrected chi connectivity index (χ3v) is 5.07. The maximum absolute atomic E-state index is 12.9. The molecule has 0 fully saturated rings. The number of nitrogens with zero attached hydrogens (tertiary/aromatic N) is 2. The van der Waals surface area contributed by atoms with Crippen LogP contribution in [-0.4, -0.2) is 20.6 Å². The Hall–Kier alpha value is -1.69. The Balaban J connectivity index is 2.78. The van der Waals surface area contributed by atoms with E-state index in [2.05, 4.69) is 4.98 Å². The molecule has 0 aromatic carbocycles. The van der Waals surface area contributed by atoms with Gasteiger partial charge in [-0.15, -0.1) is 11.3 Å². The lowest BCUT2D eigenvalue weighted by Crippen LogP contribution is -2.36. The quantitative estimate of drug-likeness (QED) is 0.937. The van der Waals surface area contributed by atoms with Crippen LogP contribution in [0.1, 0.15) is 49.9 Å². The monoisotopic (exact) mass is 322 g/mol. The fourth-order valence-corrected chi connectivity index (χ4v) is 3.43. The van der Waals surface area contributed by atoms with E-state index >= 15 is 0 Å². The van der Waals surface area contributed by atoms with Crippen LogP contribution in [0.15, 0.2) is 4.79 Å². The van der Waals surface area contributed by atoms with Crippen molar-refractivity contribution in [2.75, 3.05) is 0 Å². The molecule has 0 unspecified atom stereocenters. The van der Waals surface area contributed by atoms with Gasteiger partial charge in [-0.1, -0.05) is 13.8 Å². The molecule has 0 spiro atoms. The molecule has 0 aliphatic carbocycles. The van der Waals surface area contributed by atoms with Gasteiger partial charge < -0.3 is 5.11 Å². The Morgan fingerprint density at radius 3 is 2.45 bits per heavy atom. The minimum absolute atomic E-state index is 0.0457. The van der Waals surface area contributed by atoms with Gasteiger partial charge in [0.15, 0.2) is 0 Å². The number of thiophene rings is 1. The van der Waals surface area contributed by atoms with Crippen LogP contribution in [0.3, 0.4) is 0 Å². The zero-order valence-electron chi connectivity index (χ0n) is 13.9. The van der Waals surface area contributed by atoms with Crippen molar-refractivity contribution in [3.8, 4) is 0 Å². The van der Waals surface area contributed by atoms with E-state index in [1.807, 2.05) is 27.7 Å².